The molecule has 0 bridgehead atoms. The van der Waals surface area contributed by atoms with E-state index in [1.165, 1.54) is 0 Å². The van der Waals surface area contributed by atoms with Crippen molar-refractivity contribution < 1.29 is 9.47 Å². The van der Waals surface area contributed by atoms with Crippen molar-refractivity contribution in [3.63, 3.8) is 0 Å². The predicted octanol–water partition coefficient (Wildman–Crippen LogP) is 2.95. The molecule has 106 valence electrons. The Morgan fingerprint density at radius 2 is 1.71 bits per heavy atom. The van der Waals surface area contributed by atoms with Gasteiger partial charge in [0.05, 0.1) is 31.8 Å². The highest BCUT2D eigenvalue weighted by Gasteiger charge is 2.08. The topological polar surface area (TPSA) is 49.2 Å². The summed E-state index contributed by atoms with van der Waals surface area (Å²) in [5, 5.41) is 4.38. The van der Waals surface area contributed by atoms with E-state index < -0.39 is 0 Å². The summed E-state index contributed by atoms with van der Waals surface area (Å²) in [6.07, 6.45) is 3.54. The second-order valence-corrected chi connectivity index (χ2v) is 4.42. The first-order valence-electron chi connectivity index (χ1n) is 6.50. The van der Waals surface area contributed by atoms with Gasteiger partial charge in [-0.25, -0.2) is 9.67 Å². The average molecular weight is 281 g/mol. The molecule has 0 fully saturated rings. The van der Waals surface area contributed by atoms with Gasteiger partial charge in [-0.15, -0.1) is 0 Å². The van der Waals surface area contributed by atoms with Gasteiger partial charge in [-0.2, -0.15) is 5.10 Å². The molecule has 0 amide bonds. The Morgan fingerprint density at radius 3 is 2.33 bits per heavy atom. The van der Waals surface area contributed by atoms with Crippen LogP contribution in [-0.4, -0.2) is 29.0 Å². The first kappa shape index (κ1) is 13.2. The van der Waals surface area contributed by atoms with E-state index in [1.807, 2.05) is 47.1 Å². The Labute approximate surface area is 122 Å². The lowest BCUT2D eigenvalue weighted by Gasteiger charge is -2.08. The molecule has 0 atom stereocenters. The molecule has 0 saturated carbocycles. The van der Waals surface area contributed by atoms with Gasteiger partial charge in [-0.1, -0.05) is 0 Å². The number of ether oxygens (including phenoxy) is 2. The summed E-state index contributed by atoms with van der Waals surface area (Å²) < 4.78 is 12.1. The maximum Gasteiger partial charge on any atom is 0.212 e. The van der Waals surface area contributed by atoms with Crippen LogP contribution in [0, 0.1) is 0 Å². The third-order valence-corrected chi connectivity index (χ3v) is 3.20. The van der Waals surface area contributed by atoms with Crippen LogP contribution in [-0.2, 0) is 0 Å². The van der Waals surface area contributed by atoms with Crippen LogP contribution >= 0.6 is 0 Å². The number of nitrogens with zero attached hydrogens (tertiary/aromatic N) is 3. The van der Waals surface area contributed by atoms with E-state index in [0.29, 0.717) is 5.88 Å². The molecule has 0 saturated heterocycles. The van der Waals surface area contributed by atoms with E-state index in [2.05, 4.69) is 10.1 Å². The summed E-state index contributed by atoms with van der Waals surface area (Å²) in [6, 6.07) is 13.5. The lowest BCUT2D eigenvalue weighted by molar-refractivity contribution is 0.398. The monoisotopic (exact) mass is 281 g/mol. The Balaban J connectivity index is 1.99. The molecule has 5 nitrogen and oxygen atoms in total. The summed E-state index contributed by atoms with van der Waals surface area (Å²) in [5.41, 5.74) is 2.91. The zero-order valence-electron chi connectivity index (χ0n) is 11.9. The molecule has 0 unspecified atom stereocenters. The minimum Gasteiger partial charge on any atom is -0.497 e. The van der Waals surface area contributed by atoms with E-state index in [0.717, 1.165) is 22.7 Å². The molecular weight excluding hydrogens is 266 g/mol. The van der Waals surface area contributed by atoms with Crippen molar-refractivity contribution in [3.8, 4) is 28.6 Å². The Kier molecular flexibility index (Phi) is 3.55. The molecule has 0 aliphatic heterocycles. The van der Waals surface area contributed by atoms with E-state index in [9.17, 15) is 0 Å². The first-order valence-corrected chi connectivity index (χ1v) is 6.50. The highest BCUT2D eigenvalue weighted by Crippen LogP contribution is 2.24. The molecule has 0 radical (unpaired) electrons. The van der Waals surface area contributed by atoms with Crippen LogP contribution in [0.2, 0.25) is 0 Å². The van der Waals surface area contributed by atoms with Gasteiger partial charge in [-0.3, -0.25) is 0 Å². The number of hydrogen-bond donors (Lipinski definition) is 0. The van der Waals surface area contributed by atoms with Crippen LogP contribution in [0.25, 0.3) is 16.9 Å². The van der Waals surface area contributed by atoms with Crippen LogP contribution < -0.4 is 9.47 Å². The molecule has 5 heteroatoms. The van der Waals surface area contributed by atoms with Gasteiger partial charge in [0.25, 0.3) is 0 Å². The minimum absolute atomic E-state index is 0.592. The van der Waals surface area contributed by atoms with Crippen molar-refractivity contribution in [3.05, 3.63) is 54.9 Å². The predicted molar refractivity (Wildman–Crippen MR) is 79.9 cm³/mol. The fourth-order valence-electron chi connectivity index (χ4n) is 2.10. The summed E-state index contributed by atoms with van der Waals surface area (Å²) in [4.78, 5) is 4.23. The highest BCUT2D eigenvalue weighted by atomic mass is 16.5. The van der Waals surface area contributed by atoms with Gasteiger partial charge in [0.1, 0.15) is 5.75 Å². The average Bonchev–Trinajstić information content (AvgIpc) is 3.04. The standard InChI is InChI=1S/C16H15N3O2/c1-20-14-6-4-13(5-7-14)19-15(9-10-18-19)12-3-8-16(21-2)17-11-12/h3-11H,1-2H3. The van der Waals surface area contributed by atoms with E-state index in [-0.39, 0.29) is 0 Å². The number of pyridine rings is 1. The molecule has 2 aromatic heterocycles. The zero-order chi connectivity index (χ0) is 14.7. The van der Waals surface area contributed by atoms with Crippen LogP contribution in [0.15, 0.2) is 54.9 Å². The van der Waals surface area contributed by atoms with Gasteiger partial charge in [0.2, 0.25) is 5.88 Å². The van der Waals surface area contributed by atoms with Crippen LogP contribution in [0.5, 0.6) is 11.6 Å². The fraction of sp³-hybridized carbons (Fsp3) is 0.125. The molecule has 3 rings (SSSR count). The van der Waals surface area contributed by atoms with Gasteiger partial charge in [0.15, 0.2) is 0 Å². The van der Waals surface area contributed by atoms with Crippen molar-refractivity contribution in [2.45, 2.75) is 0 Å². The van der Waals surface area contributed by atoms with Crippen molar-refractivity contribution in [1.29, 1.82) is 0 Å². The third-order valence-electron chi connectivity index (χ3n) is 3.20. The lowest BCUT2D eigenvalue weighted by atomic mass is 10.2. The van der Waals surface area contributed by atoms with Crippen LogP contribution in [0.4, 0.5) is 0 Å². The van der Waals surface area contributed by atoms with Gasteiger partial charge in [0, 0.05) is 17.8 Å². The third kappa shape index (κ3) is 2.58. The molecule has 0 aliphatic carbocycles. The normalized spacial score (nSPS) is 10.4. The van der Waals surface area contributed by atoms with Crippen molar-refractivity contribution in [2.75, 3.05) is 14.2 Å². The molecule has 0 aliphatic rings. The summed E-state index contributed by atoms with van der Waals surface area (Å²) in [5.74, 6) is 1.41. The van der Waals surface area contributed by atoms with Crippen LogP contribution in [0.1, 0.15) is 0 Å². The Bertz CT molecular complexity index is 656. The second-order valence-electron chi connectivity index (χ2n) is 4.42. The van der Waals surface area contributed by atoms with Crippen molar-refractivity contribution in [2.24, 2.45) is 0 Å². The quantitative estimate of drug-likeness (QED) is 0.737. The molecule has 1 aromatic carbocycles. The lowest BCUT2D eigenvalue weighted by Crippen LogP contribution is -1.99. The number of methoxy groups -OCH3 is 2. The summed E-state index contributed by atoms with van der Waals surface area (Å²) in [7, 11) is 3.25. The molecule has 0 N–H and O–H groups in total. The smallest absolute Gasteiger partial charge is 0.212 e. The van der Waals surface area contributed by atoms with Gasteiger partial charge >= 0.3 is 0 Å². The summed E-state index contributed by atoms with van der Waals surface area (Å²) >= 11 is 0. The SMILES string of the molecule is COc1ccc(-n2nccc2-c2ccc(OC)nc2)cc1. The number of benzene rings is 1. The first-order chi connectivity index (χ1) is 10.3. The largest absolute Gasteiger partial charge is 0.497 e. The summed E-state index contributed by atoms with van der Waals surface area (Å²) in [6.45, 7) is 0. The van der Waals surface area contributed by atoms with E-state index >= 15 is 0 Å². The van der Waals surface area contributed by atoms with Crippen LogP contribution in [0.3, 0.4) is 0 Å². The molecular formula is C16H15N3O2. The molecule has 2 heterocycles. The minimum atomic E-state index is 0.592. The van der Waals surface area contributed by atoms with E-state index in [1.54, 1.807) is 26.6 Å². The van der Waals surface area contributed by atoms with E-state index in [4.69, 9.17) is 9.47 Å². The fourth-order valence-corrected chi connectivity index (χ4v) is 2.10. The Hall–Kier alpha value is -2.82. The maximum atomic E-state index is 5.17. The molecule has 21 heavy (non-hydrogen) atoms. The molecule has 3 aromatic rings. The van der Waals surface area contributed by atoms with Gasteiger partial charge < -0.3 is 9.47 Å². The number of aromatic nitrogens is 3. The van der Waals surface area contributed by atoms with Gasteiger partial charge in [-0.05, 0) is 36.4 Å². The highest BCUT2D eigenvalue weighted by molar-refractivity contribution is 5.61. The Morgan fingerprint density at radius 1 is 0.905 bits per heavy atom. The number of rotatable bonds is 4. The second kappa shape index (κ2) is 5.66. The molecule has 0 spiro atoms. The maximum absolute atomic E-state index is 5.17. The van der Waals surface area contributed by atoms with Crippen molar-refractivity contribution >= 4 is 0 Å². The zero-order valence-corrected chi connectivity index (χ0v) is 11.9. The number of hydrogen-bond acceptors (Lipinski definition) is 4. The van der Waals surface area contributed by atoms with Crippen molar-refractivity contribution in [1.82, 2.24) is 14.8 Å².